The summed E-state index contributed by atoms with van der Waals surface area (Å²) in [4.78, 5) is 24.4. The van der Waals surface area contributed by atoms with Crippen LogP contribution >= 0.6 is 12.6 Å². The van der Waals surface area contributed by atoms with E-state index in [-0.39, 0.29) is 12.3 Å². The minimum absolute atomic E-state index is 0.206. The minimum atomic E-state index is -1.06. The van der Waals surface area contributed by atoms with Crippen molar-refractivity contribution in [2.75, 3.05) is 5.75 Å². The Labute approximate surface area is 174 Å². The summed E-state index contributed by atoms with van der Waals surface area (Å²) in [6.45, 7) is 0. The smallest absolute Gasteiger partial charge is 0.326 e. The lowest BCUT2D eigenvalue weighted by Crippen LogP contribution is -2.45. The van der Waals surface area contributed by atoms with E-state index in [9.17, 15) is 14.7 Å². The summed E-state index contributed by atoms with van der Waals surface area (Å²) in [5.41, 5.74) is 3.78. The van der Waals surface area contributed by atoms with Crippen LogP contribution in [-0.2, 0) is 22.4 Å². The number of hydrogen-bond acceptors (Lipinski definition) is 4. The van der Waals surface area contributed by atoms with Crippen LogP contribution in [0.5, 0.6) is 0 Å². The van der Waals surface area contributed by atoms with Crippen LogP contribution in [0, 0.1) is 5.92 Å². The van der Waals surface area contributed by atoms with Crippen molar-refractivity contribution in [2.45, 2.75) is 18.9 Å². The molecule has 2 atom stereocenters. The number of aliphatic carboxylic acids is 1. The fourth-order valence-corrected chi connectivity index (χ4v) is 3.40. The lowest BCUT2D eigenvalue weighted by molar-refractivity contribution is -0.142. The molecule has 0 spiro atoms. The molecule has 0 unspecified atom stereocenters. The van der Waals surface area contributed by atoms with E-state index in [1.807, 2.05) is 54.6 Å². The topological polar surface area (TPSA) is 95.1 Å². The van der Waals surface area contributed by atoms with Crippen LogP contribution in [0.1, 0.15) is 11.1 Å². The van der Waals surface area contributed by atoms with Gasteiger partial charge < -0.3 is 10.4 Å². The summed E-state index contributed by atoms with van der Waals surface area (Å²) < 4.78 is 0. The van der Waals surface area contributed by atoms with Crippen molar-refractivity contribution in [2.24, 2.45) is 5.92 Å². The van der Waals surface area contributed by atoms with Crippen molar-refractivity contribution in [3.63, 3.8) is 0 Å². The number of aromatic amines is 1. The fraction of sp³-hybridized carbons (Fsp3) is 0.227. The van der Waals surface area contributed by atoms with Gasteiger partial charge in [-0.15, -0.1) is 0 Å². The quantitative estimate of drug-likeness (QED) is 0.409. The predicted octanol–water partition coefficient (Wildman–Crippen LogP) is 2.98. The third-order valence-corrected chi connectivity index (χ3v) is 5.20. The van der Waals surface area contributed by atoms with Gasteiger partial charge in [-0.3, -0.25) is 9.89 Å². The number of nitrogens with one attached hydrogen (secondary N) is 2. The fourth-order valence-electron chi connectivity index (χ4n) is 3.11. The van der Waals surface area contributed by atoms with Gasteiger partial charge in [-0.25, -0.2) is 4.79 Å². The summed E-state index contributed by atoms with van der Waals surface area (Å²) in [6.07, 6.45) is 4.23. The summed E-state index contributed by atoms with van der Waals surface area (Å²) >= 11 is 4.28. The Bertz CT molecular complexity index is 928. The van der Waals surface area contributed by atoms with Gasteiger partial charge in [0.25, 0.3) is 0 Å². The number of benzene rings is 2. The summed E-state index contributed by atoms with van der Waals surface area (Å²) in [6, 6.07) is 16.2. The number of carboxylic acids is 1. The molecule has 0 saturated carbocycles. The number of carbonyl (C=O) groups is 2. The molecule has 7 heteroatoms. The highest BCUT2D eigenvalue weighted by molar-refractivity contribution is 7.80. The zero-order valence-electron chi connectivity index (χ0n) is 15.8. The van der Waals surface area contributed by atoms with Crippen molar-refractivity contribution in [3.05, 3.63) is 78.1 Å². The maximum Gasteiger partial charge on any atom is 0.326 e. The molecule has 2 aromatic carbocycles. The molecule has 0 radical (unpaired) electrons. The highest BCUT2D eigenvalue weighted by Crippen LogP contribution is 2.19. The van der Waals surface area contributed by atoms with Crippen molar-refractivity contribution in [3.8, 4) is 11.1 Å². The highest BCUT2D eigenvalue weighted by Gasteiger charge is 2.25. The molecular weight excluding hydrogens is 386 g/mol. The van der Waals surface area contributed by atoms with Gasteiger partial charge in [0.15, 0.2) is 0 Å². The molecule has 29 heavy (non-hydrogen) atoms. The van der Waals surface area contributed by atoms with Crippen molar-refractivity contribution < 1.29 is 14.7 Å². The van der Waals surface area contributed by atoms with Gasteiger partial charge in [0.05, 0.1) is 12.1 Å². The van der Waals surface area contributed by atoms with Gasteiger partial charge >= 0.3 is 5.97 Å². The Morgan fingerprint density at radius 2 is 1.69 bits per heavy atom. The SMILES string of the molecule is O=C(N[C@@H](Cc1ccc(-c2cn[nH]c2)cc1)C(=O)O)[C@@H](CS)Cc1ccccc1. The van der Waals surface area contributed by atoms with Crippen molar-refractivity contribution in [1.82, 2.24) is 15.5 Å². The van der Waals surface area contributed by atoms with E-state index in [2.05, 4.69) is 28.1 Å². The molecule has 6 nitrogen and oxygen atoms in total. The van der Waals surface area contributed by atoms with E-state index in [0.717, 1.165) is 22.3 Å². The van der Waals surface area contributed by atoms with E-state index >= 15 is 0 Å². The van der Waals surface area contributed by atoms with Gasteiger partial charge in [0.1, 0.15) is 6.04 Å². The van der Waals surface area contributed by atoms with E-state index in [0.29, 0.717) is 12.2 Å². The number of nitrogens with zero attached hydrogens (tertiary/aromatic N) is 1. The number of carbonyl (C=O) groups excluding carboxylic acids is 1. The molecule has 3 aromatic rings. The molecule has 3 rings (SSSR count). The van der Waals surface area contributed by atoms with E-state index < -0.39 is 17.9 Å². The van der Waals surface area contributed by atoms with Crippen LogP contribution < -0.4 is 5.32 Å². The van der Waals surface area contributed by atoms with Gasteiger partial charge in [-0.2, -0.15) is 17.7 Å². The molecule has 0 fully saturated rings. The first-order valence-electron chi connectivity index (χ1n) is 9.33. The number of carboxylic acid groups (broad SMARTS) is 1. The third kappa shape index (κ3) is 5.71. The molecule has 0 bridgehead atoms. The maximum absolute atomic E-state index is 12.7. The number of hydrogen-bond donors (Lipinski definition) is 4. The Morgan fingerprint density at radius 3 is 2.28 bits per heavy atom. The second-order valence-electron chi connectivity index (χ2n) is 6.86. The lowest BCUT2D eigenvalue weighted by atomic mass is 9.98. The van der Waals surface area contributed by atoms with Crippen molar-refractivity contribution in [1.29, 1.82) is 0 Å². The number of amides is 1. The lowest BCUT2D eigenvalue weighted by Gasteiger charge is -2.19. The summed E-state index contributed by atoms with van der Waals surface area (Å²) in [5, 5.41) is 18.9. The Hall–Kier alpha value is -3.06. The molecule has 0 saturated heterocycles. The average molecular weight is 410 g/mol. The summed E-state index contributed by atoms with van der Waals surface area (Å²) in [7, 11) is 0. The largest absolute Gasteiger partial charge is 0.480 e. The number of aromatic nitrogens is 2. The molecule has 1 heterocycles. The first-order valence-corrected chi connectivity index (χ1v) is 9.96. The van der Waals surface area contributed by atoms with E-state index in [1.54, 1.807) is 12.4 Å². The molecule has 0 aliphatic carbocycles. The normalized spacial score (nSPS) is 12.9. The Kier molecular flexibility index (Phi) is 7.08. The number of rotatable bonds is 9. The molecule has 150 valence electrons. The summed E-state index contributed by atoms with van der Waals surface area (Å²) in [5.74, 6) is -1.42. The predicted molar refractivity (Wildman–Crippen MR) is 115 cm³/mol. The molecule has 1 amide bonds. The van der Waals surface area contributed by atoms with Crippen LogP contribution in [0.4, 0.5) is 0 Å². The van der Waals surface area contributed by atoms with Gasteiger partial charge in [-0.1, -0.05) is 54.6 Å². The first kappa shape index (κ1) is 20.7. The number of H-pyrrole nitrogens is 1. The molecular formula is C22H23N3O3S. The highest BCUT2D eigenvalue weighted by atomic mass is 32.1. The van der Waals surface area contributed by atoms with Gasteiger partial charge in [0.2, 0.25) is 5.91 Å². The zero-order valence-corrected chi connectivity index (χ0v) is 16.7. The molecule has 0 aliphatic heterocycles. The number of thiol groups is 1. The van der Waals surface area contributed by atoms with Crippen LogP contribution in [0.25, 0.3) is 11.1 Å². The third-order valence-electron chi connectivity index (χ3n) is 4.76. The van der Waals surface area contributed by atoms with Crippen molar-refractivity contribution >= 4 is 24.5 Å². The Balaban J connectivity index is 1.64. The van der Waals surface area contributed by atoms with Crippen LogP contribution in [-0.4, -0.2) is 39.0 Å². The van der Waals surface area contributed by atoms with Crippen LogP contribution in [0.2, 0.25) is 0 Å². The molecule has 3 N–H and O–H groups in total. The zero-order chi connectivity index (χ0) is 20.6. The van der Waals surface area contributed by atoms with Crippen LogP contribution in [0.15, 0.2) is 67.0 Å². The van der Waals surface area contributed by atoms with Gasteiger partial charge in [0, 0.05) is 23.9 Å². The second-order valence-corrected chi connectivity index (χ2v) is 7.22. The van der Waals surface area contributed by atoms with E-state index in [4.69, 9.17) is 0 Å². The first-order chi connectivity index (χ1) is 14.1. The van der Waals surface area contributed by atoms with Gasteiger partial charge in [-0.05, 0) is 23.1 Å². The second kappa shape index (κ2) is 9.93. The maximum atomic E-state index is 12.7. The average Bonchev–Trinajstić information content (AvgIpc) is 3.27. The monoisotopic (exact) mass is 409 g/mol. The molecule has 1 aromatic heterocycles. The van der Waals surface area contributed by atoms with Crippen LogP contribution in [0.3, 0.4) is 0 Å². The van der Waals surface area contributed by atoms with E-state index in [1.165, 1.54) is 0 Å². The molecule has 0 aliphatic rings. The minimum Gasteiger partial charge on any atom is -0.480 e. The Morgan fingerprint density at radius 1 is 1.00 bits per heavy atom. The standard InChI is InChI=1S/C22H23N3O3S/c26-21(18(14-29)10-15-4-2-1-3-5-15)25-20(22(27)28)11-16-6-8-17(9-7-16)19-12-23-24-13-19/h1-9,12-13,18,20,29H,10-11,14H2,(H,23,24)(H,25,26)(H,27,28)/t18-,20+/m1/s1.